The highest BCUT2D eigenvalue weighted by Gasteiger charge is 2.05. The maximum Gasteiger partial charge on any atom is 0.246 e. The Labute approximate surface area is 171 Å². The van der Waals surface area contributed by atoms with Crippen molar-refractivity contribution in [3.05, 3.63) is 0 Å². The lowest BCUT2D eigenvalue weighted by Gasteiger charge is -2.11. The highest BCUT2D eigenvalue weighted by molar-refractivity contribution is 5.77. The zero-order chi connectivity index (χ0) is 20.9. The van der Waals surface area contributed by atoms with Crippen LogP contribution in [0.4, 0.5) is 0 Å². The first-order chi connectivity index (χ1) is 13.6. The number of unbranched alkanes of at least 4 members (excludes halogenated alkanes) is 4. The molecule has 7 nitrogen and oxygen atoms in total. The summed E-state index contributed by atoms with van der Waals surface area (Å²) in [5.41, 5.74) is 0. The van der Waals surface area contributed by atoms with Crippen LogP contribution >= 0.6 is 0 Å². The first-order valence-corrected chi connectivity index (χ1v) is 10.8. The fourth-order valence-electron chi connectivity index (χ4n) is 2.58. The molecule has 2 amide bonds. The molecule has 28 heavy (non-hydrogen) atoms. The Morgan fingerprint density at radius 1 is 0.821 bits per heavy atom. The second kappa shape index (κ2) is 20.6. The van der Waals surface area contributed by atoms with Crippen LogP contribution in [0.2, 0.25) is 0 Å². The topological polar surface area (TPSA) is 85.9 Å². The quantitative estimate of drug-likeness (QED) is 0.306. The van der Waals surface area contributed by atoms with Crippen molar-refractivity contribution in [2.45, 2.75) is 78.2 Å². The average Bonchev–Trinajstić information content (AvgIpc) is 2.66. The van der Waals surface area contributed by atoms with Gasteiger partial charge in [0.1, 0.15) is 6.61 Å². The van der Waals surface area contributed by atoms with Crippen LogP contribution in [0.3, 0.4) is 0 Å². The molecule has 7 heteroatoms. The van der Waals surface area contributed by atoms with Crippen LogP contribution in [-0.2, 0) is 23.8 Å². The molecule has 0 aliphatic heterocycles. The minimum atomic E-state index is -0.0357. The summed E-state index contributed by atoms with van der Waals surface area (Å²) in [6.07, 6.45) is 8.23. The molecule has 0 spiro atoms. The molecule has 0 radical (unpaired) electrons. The minimum absolute atomic E-state index is 0.0280. The van der Waals surface area contributed by atoms with Gasteiger partial charge in [-0.3, -0.25) is 9.59 Å². The summed E-state index contributed by atoms with van der Waals surface area (Å²) in [4.78, 5) is 22.3. The lowest BCUT2D eigenvalue weighted by atomic mass is 10.2. The van der Waals surface area contributed by atoms with Gasteiger partial charge in [-0.2, -0.15) is 0 Å². The minimum Gasteiger partial charge on any atom is -0.379 e. The largest absolute Gasteiger partial charge is 0.379 e. The fourth-order valence-corrected chi connectivity index (χ4v) is 2.58. The molecule has 2 N–H and O–H groups in total. The lowest BCUT2D eigenvalue weighted by molar-refractivity contribution is -0.127. The van der Waals surface area contributed by atoms with E-state index < -0.39 is 0 Å². The lowest BCUT2D eigenvalue weighted by Crippen LogP contribution is -2.30. The molecule has 0 aliphatic rings. The average molecular weight is 403 g/mol. The Balaban J connectivity index is 3.17. The molecule has 0 aliphatic carbocycles. The van der Waals surface area contributed by atoms with Crippen LogP contribution in [0, 0.1) is 0 Å². The Morgan fingerprint density at radius 2 is 1.39 bits per heavy atom. The second-order valence-corrected chi connectivity index (χ2v) is 7.09. The summed E-state index contributed by atoms with van der Waals surface area (Å²) < 4.78 is 16.5. The molecule has 1 unspecified atom stereocenters. The van der Waals surface area contributed by atoms with E-state index in [-0.39, 0.29) is 24.5 Å². The number of carbonyl (C=O) groups excluding carboxylic acids is 2. The van der Waals surface area contributed by atoms with E-state index in [0.717, 1.165) is 71.1 Å². The Kier molecular flexibility index (Phi) is 19.7. The highest BCUT2D eigenvalue weighted by Crippen LogP contribution is 2.00. The number of hydrogen-bond acceptors (Lipinski definition) is 5. The van der Waals surface area contributed by atoms with Crippen molar-refractivity contribution in [3.63, 3.8) is 0 Å². The Bertz CT molecular complexity index is 380. The number of rotatable bonds is 20. The number of ether oxygens (including phenoxy) is 3. The zero-order valence-corrected chi connectivity index (χ0v) is 18.2. The van der Waals surface area contributed by atoms with Crippen molar-refractivity contribution in [2.75, 3.05) is 46.1 Å². The first kappa shape index (κ1) is 26.8. The number of nitrogens with one attached hydrogen (secondary N) is 2. The molecule has 0 saturated carbocycles. The van der Waals surface area contributed by atoms with Crippen molar-refractivity contribution < 1.29 is 23.8 Å². The van der Waals surface area contributed by atoms with E-state index in [9.17, 15) is 9.59 Å². The molecule has 0 aromatic carbocycles. The van der Waals surface area contributed by atoms with E-state index in [4.69, 9.17) is 14.2 Å². The van der Waals surface area contributed by atoms with Crippen molar-refractivity contribution in [1.82, 2.24) is 10.6 Å². The molecule has 0 bridgehead atoms. The van der Waals surface area contributed by atoms with Crippen LogP contribution in [0.25, 0.3) is 0 Å². The molecule has 0 rings (SSSR count). The summed E-state index contributed by atoms with van der Waals surface area (Å²) in [5.74, 6) is -0.00770. The van der Waals surface area contributed by atoms with Crippen LogP contribution in [0.5, 0.6) is 0 Å². The molecule has 1 atom stereocenters. The van der Waals surface area contributed by atoms with Gasteiger partial charge in [0.2, 0.25) is 11.8 Å². The van der Waals surface area contributed by atoms with E-state index in [1.807, 2.05) is 6.92 Å². The summed E-state index contributed by atoms with van der Waals surface area (Å²) in [7, 11) is 0. The predicted molar refractivity (Wildman–Crippen MR) is 111 cm³/mol. The van der Waals surface area contributed by atoms with Gasteiger partial charge >= 0.3 is 0 Å². The molecule has 0 aromatic heterocycles. The number of carbonyl (C=O) groups is 2. The molecule has 0 saturated heterocycles. The molecular weight excluding hydrogens is 360 g/mol. The third-order valence-corrected chi connectivity index (χ3v) is 4.19. The zero-order valence-electron chi connectivity index (χ0n) is 18.2. The third-order valence-electron chi connectivity index (χ3n) is 4.19. The normalized spacial score (nSPS) is 12.0. The summed E-state index contributed by atoms with van der Waals surface area (Å²) in [6.45, 7) is 9.94. The van der Waals surface area contributed by atoms with Gasteiger partial charge in [0.25, 0.3) is 0 Å². The van der Waals surface area contributed by atoms with Gasteiger partial charge < -0.3 is 24.8 Å². The van der Waals surface area contributed by atoms with Crippen molar-refractivity contribution >= 4 is 11.8 Å². The van der Waals surface area contributed by atoms with Crippen molar-refractivity contribution in [2.24, 2.45) is 0 Å². The van der Waals surface area contributed by atoms with Crippen LogP contribution in [0.1, 0.15) is 72.1 Å². The van der Waals surface area contributed by atoms with E-state index in [2.05, 4.69) is 17.6 Å². The van der Waals surface area contributed by atoms with Gasteiger partial charge in [-0.1, -0.05) is 13.3 Å². The van der Waals surface area contributed by atoms with Gasteiger partial charge in [0.15, 0.2) is 0 Å². The van der Waals surface area contributed by atoms with Gasteiger partial charge in [-0.25, -0.2) is 0 Å². The number of amides is 2. The molecule has 0 fully saturated rings. The molecular formula is C21H42N2O5. The SMILES string of the molecule is CCCC(C)OCC(=O)NCCCCCOCCOCCCCCNC(C)=O. The number of hydrogen-bond donors (Lipinski definition) is 2. The molecule has 166 valence electrons. The van der Waals surface area contributed by atoms with E-state index in [1.165, 1.54) is 6.92 Å². The smallest absolute Gasteiger partial charge is 0.246 e. The summed E-state index contributed by atoms with van der Waals surface area (Å²) in [6, 6.07) is 0. The summed E-state index contributed by atoms with van der Waals surface area (Å²) >= 11 is 0. The van der Waals surface area contributed by atoms with E-state index in [0.29, 0.717) is 19.8 Å². The van der Waals surface area contributed by atoms with E-state index in [1.54, 1.807) is 0 Å². The Morgan fingerprint density at radius 3 is 1.93 bits per heavy atom. The monoisotopic (exact) mass is 402 g/mol. The molecule has 0 aromatic rings. The van der Waals surface area contributed by atoms with Crippen molar-refractivity contribution in [3.8, 4) is 0 Å². The maximum atomic E-state index is 11.6. The van der Waals surface area contributed by atoms with E-state index >= 15 is 0 Å². The second-order valence-electron chi connectivity index (χ2n) is 7.09. The highest BCUT2D eigenvalue weighted by atomic mass is 16.5. The standard InChI is InChI=1S/C21H42N2O5/c1-4-11-19(2)28-18-21(25)23-13-8-6-10-15-27-17-16-26-14-9-5-7-12-22-20(3)24/h19H,4-18H2,1-3H3,(H,22,24)(H,23,25). The molecule has 0 heterocycles. The third kappa shape index (κ3) is 21.1. The van der Waals surface area contributed by atoms with Crippen LogP contribution in [-0.4, -0.2) is 64.0 Å². The van der Waals surface area contributed by atoms with Gasteiger partial charge in [0, 0.05) is 33.2 Å². The predicted octanol–water partition coefficient (Wildman–Crippen LogP) is 2.82. The first-order valence-electron chi connectivity index (χ1n) is 10.8. The van der Waals surface area contributed by atoms with Gasteiger partial charge in [-0.15, -0.1) is 0 Å². The summed E-state index contributed by atoms with van der Waals surface area (Å²) in [5, 5.41) is 5.67. The maximum absolute atomic E-state index is 11.6. The fraction of sp³-hybridized carbons (Fsp3) is 0.905. The van der Waals surface area contributed by atoms with Crippen molar-refractivity contribution in [1.29, 1.82) is 0 Å². The van der Waals surface area contributed by atoms with Crippen LogP contribution < -0.4 is 10.6 Å². The van der Waals surface area contributed by atoms with Gasteiger partial charge in [-0.05, 0) is 51.9 Å². The van der Waals surface area contributed by atoms with Crippen LogP contribution in [0.15, 0.2) is 0 Å². The van der Waals surface area contributed by atoms with Gasteiger partial charge in [0.05, 0.1) is 19.3 Å². The Hall–Kier alpha value is -1.18.